The number of hydrogen-bond acceptors (Lipinski definition) is 3. The monoisotopic (exact) mass is 294 g/mol. The summed E-state index contributed by atoms with van der Waals surface area (Å²) in [6, 6.07) is 3.04. The molecule has 0 spiro atoms. The molecule has 6 heteroatoms. The molecular weight excluding hydrogens is 274 g/mol. The van der Waals surface area contributed by atoms with Crippen molar-refractivity contribution >= 4 is 0 Å². The van der Waals surface area contributed by atoms with E-state index in [0.29, 0.717) is 12.0 Å². The number of aryl methyl sites for hydroxylation is 1. The second-order valence-electron chi connectivity index (χ2n) is 5.36. The predicted octanol–water partition coefficient (Wildman–Crippen LogP) is 2.22. The fraction of sp³-hybridized carbons (Fsp3) is 0.400. The van der Waals surface area contributed by atoms with Crippen molar-refractivity contribution in [3.05, 3.63) is 53.4 Å². The third-order valence-electron chi connectivity index (χ3n) is 3.35. The predicted molar refractivity (Wildman–Crippen MR) is 77.4 cm³/mol. The molecule has 1 aromatic heterocycles. The van der Waals surface area contributed by atoms with Gasteiger partial charge in [-0.3, -0.25) is 4.68 Å². The number of rotatable bonds is 6. The summed E-state index contributed by atoms with van der Waals surface area (Å²) in [5, 5.41) is 4.11. The first kappa shape index (κ1) is 15.6. The maximum Gasteiger partial charge on any atom is 0.126 e. The lowest BCUT2D eigenvalue weighted by Crippen LogP contribution is -2.23. The molecule has 2 aromatic rings. The molecule has 1 unspecified atom stereocenters. The largest absolute Gasteiger partial charge is 0.324 e. The first-order valence-electron chi connectivity index (χ1n) is 6.81. The van der Waals surface area contributed by atoms with Crippen LogP contribution in [0.25, 0.3) is 0 Å². The molecule has 0 radical (unpaired) electrons. The van der Waals surface area contributed by atoms with Crippen molar-refractivity contribution < 1.29 is 8.78 Å². The molecule has 1 heterocycles. The highest BCUT2D eigenvalue weighted by molar-refractivity contribution is 5.21. The van der Waals surface area contributed by atoms with Crippen molar-refractivity contribution in [2.24, 2.45) is 12.8 Å². The molecule has 1 atom stereocenters. The van der Waals surface area contributed by atoms with E-state index in [4.69, 9.17) is 5.73 Å². The van der Waals surface area contributed by atoms with Crippen LogP contribution in [-0.2, 0) is 13.6 Å². The van der Waals surface area contributed by atoms with Gasteiger partial charge in [-0.05, 0) is 37.7 Å². The maximum atomic E-state index is 13.2. The molecule has 0 fully saturated rings. The number of benzene rings is 1. The first-order valence-corrected chi connectivity index (χ1v) is 6.81. The molecule has 0 saturated carbocycles. The van der Waals surface area contributed by atoms with Crippen LogP contribution in [0.1, 0.15) is 23.6 Å². The van der Waals surface area contributed by atoms with Crippen LogP contribution in [-0.4, -0.2) is 28.3 Å². The number of halogens is 2. The van der Waals surface area contributed by atoms with E-state index in [2.05, 4.69) is 10.00 Å². The molecule has 114 valence electrons. The zero-order chi connectivity index (χ0) is 15.4. The highest BCUT2D eigenvalue weighted by Crippen LogP contribution is 2.17. The molecule has 2 rings (SSSR count). The van der Waals surface area contributed by atoms with E-state index in [9.17, 15) is 8.78 Å². The van der Waals surface area contributed by atoms with E-state index in [1.807, 2.05) is 26.5 Å². The summed E-state index contributed by atoms with van der Waals surface area (Å²) < 4.78 is 28.1. The molecule has 0 bridgehead atoms. The number of nitrogens with zero attached hydrogens (tertiary/aromatic N) is 3. The minimum Gasteiger partial charge on any atom is -0.324 e. The van der Waals surface area contributed by atoms with Crippen LogP contribution in [0, 0.1) is 11.6 Å². The minimum absolute atomic E-state index is 0.383. The Hall–Kier alpha value is -1.79. The van der Waals surface area contributed by atoms with Crippen LogP contribution in [0.3, 0.4) is 0 Å². The van der Waals surface area contributed by atoms with Gasteiger partial charge in [0.15, 0.2) is 0 Å². The van der Waals surface area contributed by atoms with Gasteiger partial charge in [0.25, 0.3) is 0 Å². The first-order chi connectivity index (χ1) is 9.94. The van der Waals surface area contributed by atoms with Crippen LogP contribution < -0.4 is 5.73 Å². The fourth-order valence-electron chi connectivity index (χ4n) is 2.26. The van der Waals surface area contributed by atoms with Crippen molar-refractivity contribution in [1.29, 1.82) is 0 Å². The van der Waals surface area contributed by atoms with Gasteiger partial charge in [-0.15, -0.1) is 0 Å². The van der Waals surface area contributed by atoms with Gasteiger partial charge in [-0.25, -0.2) is 8.78 Å². The molecule has 0 aliphatic carbocycles. The van der Waals surface area contributed by atoms with Gasteiger partial charge >= 0.3 is 0 Å². The van der Waals surface area contributed by atoms with Crippen molar-refractivity contribution in [3.8, 4) is 0 Å². The molecule has 4 nitrogen and oxygen atoms in total. The Kier molecular flexibility index (Phi) is 5.03. The standard InChI is InChI=1S/C15H20F2N4/c1-20(9-11-8-19-21(2)10-11)4-3-15(18)12-5-13(16)7-14(17)6-12/h5-8,10,15H,3-4,9,18H2,1-2H3. The average molecular weight is 294 g/mol. The average Bonchev–Trinajstić information content (AvgIpc) is 2.80. The third kappa shape index (κ3) is 4.61. The summed E-state index contributed by atoms with van der Waals surface area (Å²) in [7, 11) is 3.85. The quantitative estimate of drug-likeness (QED) is 0.888. The van der Waals surface area contributed by atoms with Crippen LogP contribution in [0.4, 0.5) is 8.78 Å². The van der Waals surface area contributed by atoms with Gasteiger partial charge < -0.3 is 10.6 Å². The summed E-state index contributed by atoms with van der Waals surface area (Å²) in [4.78, 5) is 2.10. The molecule has 0 aliphatic rings. The highest BCUT2D eigenvalue weighted by Gasteiger charge is 2.11. The third-order valence-corrected chi connectivity index (χ3v) is 3.35. The van der Waals surface area contributed by atoms with E-state index in [-0.39, 0.29) is 6.04 Å². The Morgan fingerprint density at radius 1 is 1.29 bits per heavy atom. The molecule has 0 saturated heterocycles. The maximum absolute atomic E-state index is 13.2. The Morgan fingerprint density at radius 2 is 1.95 bits per heavy atom. The Bertz CT molecular complexity index is 577. The Morgan fingerprint density at radius 3 is 2.52 bits per heavy atom. The molecule has 0 amide bonds. The van der Waals surface area contributed by atoms with E-state index in [1.54, 1.807) is 4.68 Å². The SMILES string of the molecule is CN(CCC(N)c1cc(F)cc(F)c1)Cc1cnn(C)c1. The van der Waals surface area contributed by atoms with Crippen LogP contribution in [0.2, 0.25) is 0 Å². The second-order valence-corrected chi connectivity index (χ2v) is 5.36. The van der Waals surface area contributed by atoms with Crippen molar-refractivity contribution in [2.45, 2.75) is 19.0 Å². The van der Waals surface area contributed by atoms with Gasteiger partial charge in [0.05, 0.1) is 6.20 Å². The minimum atomic E-state index is -0.593. The molecule has 21 heavy (non-hydrogen) atoms. The van der Waals surface area contributed by atoms with Crippen molar-refractivity contribution in [1.82, 2.24) is 14.7 Å². The zero-order valence-corrected chi connectivity index (χ0v) is 12.3. The lowest BCUT2D eigenvalue weighted by atomic mass is 10.0. The van der Waals surface area contributed by atoms with Crippen molar-refractivity contribution in [3.63, 3.8) is 0 Å². The number of hydrogen-bond donors (Lipinski definition) is 1. The van der Waals surface area contributed by atoms with Gasteiger partial charge in [0.1, 0.15) is 11.6 Å². The fourth-order valence-corrected chi connectivity index (χ4v) is 2.26. The van der Waals surface area contributed by atoms with Gasteiger partial charge in [0, 0.05) is 37.5 Å². The Balaban J connectivity index is 1.86. The van der Waals surface area contributed by atoms with Crippen LogP contribution >= 0.6 is 0 Å². The number of aromatic nitrogens is 2. The summed E-state index contributed by atoms with van der Waals surface area (Å²) in [5.41, 5.74) is 7.61. The lowest BCUT2D eigenvalue weighted by Gasteiger charge is -2.19. The molecule has 0 aliphatic heterocycles. The van der Waals surface area contributed by atoms with E-state index >= 15 is 0 Å². The summed E-state index contributed by atoms with van der Waals surface area (Å²) >= 11 is 0. The number of nitrogens with two attached hydrogens (primary N) is 1. The lowest BCUT2D eigenvalue weighted by molar-refractivity contribution is 0.311. The molecule has 1 aromatic carbocycles. The normalized spacial score (nSPS) is 12.9. The van der Waals surface area contributed by atoms with E-state index < -0.39 is 11.6 Å². The highest BCUT2D eigenvalue weighted by atomic mass is 19.1. The Labute approximate surface area is 123 Å². The summed E-state index contributed by atoms with van der Waals surface area (Å²) in [6.45, 7) is 1.49. The van der Waals surface area contributed by atoms with Gasteiger partial charge in [-0.1, -0.05) is 0 Å². The molecule has 2 N–H and O–H groups in total. The molecular formula is C15H20F2N4. The van der Waals surface area contributed by atoms with Crippen molar-refractivity contribution in [2.75, 3.05) is 13.6 Å². The smallest absolute Gasteiger partial charge is 0.126 e. The van der Waals surface area contributed by atoms with Gasteiger partial charge in [0.2, 0.25) is 0 Å². The van der Waals surface area contributed by atoms with Gasteiger partial charge in [-0.2, -0.15) is 5.10 Å². The van der Waals surface area contributed by atoms with Crippen LogP contribution in [0.5, 0.6) is 0 Å². The van der Waals surface area contributed by atoms with Crippen LogP contribution in [0.15, 0.2) is 30.6 Å². The van der Waals surface area contributed by atoms with E-state index in [0.717, 1.165) is 24.7 Å². The van der Waals surface area contributed by atoms with E-state index in [1.165, 1.54) is 12.1 Å². The summed E-state index contributed by atoms with van der Waals surface area (Å²) in [6.07, 6.45) is 4.40. The zero-order valence-electron chi connectivity index (χ0n) is 12.3. The second kappa shape index (κ2) is 6.78. The topological polar surface area (TPSA) is 47.1 Å². The summed E-state index contributed by atoms with van der Waals surface area (Å²) in [5.74, 6) is -1.19.